The molecule has 1 aliphatic heterocycles. The average molecular weight is 484 g/mol. The first-order valence-electron chi connectivity index (χ1n) is 11.3. The van der Waals surface area contributed by atoms with Crippen molar-refractivity contribution in [2.24, 2.45) is 0 Å². The molecule has 2 heterocycles. The fourth-order valence-corrected chi connectivity index (χ4v) is 6.43. The molecule has 0 radical (unpaired) electrons. The first-order chi connectivity index (χ1) is 15.9. The molecular weight excluding hydrogens is 454 g/mol. The highest BCUT2D eigenvalue weighted by molar-refractivity contribution is 7.99. The molecule has 1 aromatic heterocycles. The fraction of sp³-hybridized carbons (Fsp3) is 0.360. The van der Waals surface area contributed by atoms with E-state index in [0.717, 1.165) is 58.4 Å². The Morgan fingerprint density at radius 1 is 1.09 bits per heavy atom. The van der Waals surface area contributed by atoms with E-state index in [1.54, 1.807) is 22.5 Å². The minimum atomic E-state index is -3.49. The zero-order valence-electron chi connectivity index (χ0n) is 19.0. The van der Waals surface area contributed by atoms with E-state index >= 15 is 0 Å². The van der Waals surface area contributed by atoms with Gasteiger partial charge < -0.3 is 5.32 Å². The summed E-state index contributed by atoms with van der Waals surface area (Å²) in [5.41, 5.74) is 3.61. The maximum Gasteiger partial charge on any atom is 0.243 e. The van der Waals surface area contributed by atoms with Crippen LogP contribution in [0.15, 0.2) is 58.5 Å². The molecule has 0 unspecified atom stereocenters. The second kappa shape index (κ2) is 10.2. The molecule has 4 rings (SSSR count). The molecule has 2 aromatic carbocycles. The minimum Gasteiger partial charge on any atom is -0.325 e. The molecule has 1 saturated heterocycles. The normalized spacial score (nSPS) is 15.0. The van der Waals surface area contributed by atoms with Gasteiger partial charge in [-0.2, -0.15) is 4.31 Å². The van der Waals surface area contributed by atoms with E-state index in [9.17, 15) is 13.2 Å². The molecule has 3 aromatic rings. The number of benzene rings is 2. The summed E-state index contributed by atoms with van der Waals surface area (Å²) in [6.07, 6.45) is 3.75. The predicted molar refractivity (Wildman–Crippen MR) is 134 cm³/mol. The van der Waals surface area contributed by atoms with Crippen LogP contribution in [0.2, 0.25) is 0 Å². The number of sulfonamides is 1. The number of carbonyl (C=O) groups is 1. The Morgan fingerprint density at radius 2 is 1.85 bits per heavy atom. The van der Waals surface area contributed by atoms with E-state index in [2.05, 4.69) is 17.2 Å². The lowest BCUT2D eigenvalue weighted by molar-refractivity contribution is -0.113. The molecule has 0 spiro atoms. The molecule has 6 nitrogen and oxygen atoms in total. The van der Waals surface area contributed by atoms with Crippen molar-refractivity contribution in [2.45, 2.75) is 49.5 Å². The topological polar surface area (TPSA) is 79.4 Å². The van der Waals surface area contributed by atoms with Crippen LogP contribution < -0.4 is 5.32 Å². The number of nitrogens with zero attached hydrogens (tertiary/aromatic N) is 2. The molecule has 174 valence electrons. The van der Waals surface area contributed by atoms with E-state index in [-0.39, 0.29) is 11.7 Å². The lowest BCUT2D eigenvalue weighted by atomic mass is 10.1. The van der Waals surface area contributed by atoms with Crippen LogP contribution in [0.25, 0.3) is 10.9 Å². The zero-order chi connectivity index (χ0) is 23.4. The average Bonchev–Trinajstić information content (AvgIpc) is 2.83. The number of thioether (sulfide) groups is 1. The number of fused-ring (bicyclic) bond motifs is 1. The molecule has 0 aliphatic carbocycles. The number of hydrogen-bond donors (Lipinski definition) is 1. The highest BCUT2D eigenvalue weighted by Gasteiger charge is 2.26. The summed E-state index contributed by atoms with van der Waals surface area (Å²) in [6, 6.07) is 14.8. The van der Waals surface area contributed by atoms with Gasteiger partial charge in [-0.05, 0) is 67.6 Å². The summed E-state index contributed by atoms with van der Waals surface area (Å²) in [7, 11) is -3.49. The Balaban J connectivity index is 1.49. The standard InChI is InChI=1S/C25H29N3O3S2/c1-3-19-9-5-6-10-22(19)26-24(29)17-32-25-15-18(2)21-16-20(11-12-23(21)27-25)33(30,31)28-13-7-4-8-14-28/h5-6,9-12,15-16H,3-4,7-8,13-14,17H2,1-2H3,(H,26,29). The van der Waals surface area contributed by atoms with Crippen LogP contribution in [0.1, 0.15) is 37.3 Å². The van der Waals surface area contributed by atoms with Crippen LogP contribution in [0.5, 0.6) is 0 Å². The highest BCUT2D eigenvalue weighted by atomic mass is 32.2. The minimum absolute atomic E-state index is 0.0802. The summed E-state index contributed by atoms with van der Waals surface area (Å²) < 4.78 is 27.7. The number of nitrogens with one attached hydrogen (secondary N) is 1. The van der Waals surface area contributed by atoms with Crippen LogP contribution in [0.3, 0.4) is 0 Å². The third kappa shape index (κ3) is 5.39. The maximum absolute atomic E-state index is 13.0. The molecule has 0 saturated carbocycles. The highest BCUT2D eigenvalue weighted by Crippen LogP contribution is 2.28. The lowest BCUT2D eigenvalue weighted by Gasteiger charge is -2.26. The smallest absolute Gasteiger partial charge is 0.243 e. The molecule has 1 amide bonds. The summed E-state index contributed by atoms with van der Waals surface area (Å²) in [5.74, 6) is 0.167. The van der Waals surface area contributed by atoms with Gasteiger partial charge in [0.1, 0.15) is 0 Å². The van der Waals surface area contributed by atoms with Gasteiger partial charge in [0.15, 0.2) is 0 Å². The second-order valence-electron chi connectivity index (χ2n) is 8.27. The Bertz CT molecular complexity index is 1270. The molecule has 1 aliphatic rings. The Morgan fingerprint density at radius 3 is 2.61 bits per heavy atom. The first kappa shape index (κ1) is 23.7. The van der Waals surface area contributed by atoms with Gasteiger partial charge in [0, 0.05) is 24.2 Å². The molecular formula is C25H29N3O3S2. The van der Waals surface area contributed by atoms with Gasteiger partial charge in [-0.1, -0.05) is 43.3 Å². The third-order valence-corrected chi connectivity index (χ3v) is 8.75. The number of pyridine rings is 1. The van der Waals surface area contributed by atoms with E-state index in [4.69, 9.17) is 0 Å². The lowest BCUT2D eigenvalue weighted by Crippen LogP contribution is -2.35. The van der Waals surface area contributed by atoms with Crippen molar-refractivity contribution < 1.29 is 13.2 Å². The molecule has 33 heavy (non-hydrogen) atoms. The largest absolute Gasteiger partial charge is 0.325 e. The monoisotopic (exact) mass is 483 g/mol. The maximum atomic E-state index is 13.0. The molecule has 1 N–H and O–H groups in total. The van der Waals surface area contributed by atoms with Crippen molar-refractivity contribution in [3.05, 3.63) is 59.7 Å². The molecule has 1 fully saturated rings. The number of carbonyl (C=O) groups excluding carboxylic acids is 1. The number of anilines is 1. The van der Waals surface area contributed by atoms with Crippen molar-refractivity contribution in [2.75, 3.05) is 24.2 Å². The number of aromatic nitrogens is 1. The van der Waals surface area contributed by atoms with E-state index in [1.807, 2.05) is 37.3 Å². The number of aryl methyl sites for hydroxylation is 2. The molecule has 0 atom stereocenters. The van der Waals surface area contributed by atoms with Crippen LogP contribution in [0, 0.1) is 6.92 Å². The Hall–Kier alpha value is -2.42. The molecule has 0 bridgehead atoms. The first-order valence-corrected chi connectivity index (χ1v) is 13.7. The van der Waals surface area contributed by atoms with Gasteiger partial charge in [0.25, 0.3) is 0 Å². The van der Waals surface area contributed by atoms with Crippen LogP contribution in [-0.4, -0.2) is 42.5 Å². The van der Waals surface area contributed by atoms with Crippen molar-refractivity contribution in [3.63, 3.8) is 0 Å². The summed E-state index contributed by atoms with van der Waals surface area (Å²) in [5, 5.41) is 4.54. The fourth-order valence-electron chi connectivity index (χ4n) is 4.11. The van der Waals surface area contributed by atoms with Gasteiger partial charge in [0.05, 0.1) is 21.2 Å². The summed E-state index contributed by atoms with van der Waals surface area (Å²) >= 11 is 1.37. The quantitative estimate of drug-likeness (QED) is 0.478. The van der Waals surface area contributed by atoms with Crippen molar-refractivity contribution in [3.8, 4) is 0 Å². The van der Waals surface area contributed by atoms with Crippen molar-refractivity contribution in [1.82, 2.24) is 9.29 Å². The van der Waals surface area contributed by atoms with Crippen molar-refractivity contribution in [1.29, 1.82) is 0 Å². The number of hydrogen-bond acceptors (Lipinski definition) is 5. The number of para-hydroxylation sites is 1. The zero-order valence-corrected chi connectivity index (χ0v) is 20.6. The predicted octanol–water partition coefficient (Wildman–Crippen LogP) is 5.01. The van der Waals surface area contributed by atoms with Gasteiger partial charge in [-0.3, -0.25) is 4.79 Å². The number of amides is 1. The summed E-state index contributed by atoms with van der Waals surface area (Å²) in [4.78, 5) is 17.5. The van der Waals surface area contributed by atoms with Gasteiger partial charge in [-0.15, -0.1) is 0 Å². The van der Waals surface area contributed by atoms with Gasteiger partial charge in [0.2, 0.25) is 15.9 Å². The molecule has 8 heteroatoms. The summed E-state index contributed by atoms with van der Waals surface area (Å²) in [6.45, 7) is 5.17. The SMILES string of the molecule is CCc1ccccc1NC(=O)CSc1cc(C)c2cc(S(=O)(=O)N3CCCCC3)ccc2n1. The van der Waals surface area contributed by atoms with Crippen LogP contribution >= 0.6 is 11.8 Å². The van der Waals surface area contributed by atoms with E-state index in [0.29, 0.717) is 18.0 Å². The van der Waals surface area contributed by atoms with Crippen LogP contribution in [0.4, 0.5) is 5.69 Å². The number of piperidine rings is 1. The third-order valence-electron chi connectivity index (χ3n) is 5.94. The van der Waals surface area contributed by atoms with Gasteiger partial charge >= 0.3 is 0 Å². The second-order valence-corrected chi connectivity index (χ2v) is 11.2. The van der Waals surface area contributed by atoms with E-state index < -0.39 is 10.0 Å². The Labute approximate surface area is 199 Å². The van der Waals surface area contributed by atoms with E-state index in [1.165, 1.54) is 11.8 Å². The van der Waals surface area contributed by atoms with Crippen molar-refractivity contribution >= 4 is 44.3 Å². The van der Waals surface area contributed by atoms with Gasteiger partial charge in [-0.25, -0.2) is 13.4 Å². The van der Waals surface area contributed by atoms with Crippen LogP contribution in [-0.2, 0) is 21.2 Å². The Kier molecular flexibility index (Phi) is 7.36. The number of rotatable bonds is 7.